The predicted octanol–water partition coefficient (Wildman–Crippen LogP) is 2.59. The van der Waals surface area contributed by atoms with Gasteiger partial charge in [-0.05, 0) is 31.0 Å². The van der Waals surface area contributed by atoms with Crippen molar-refractivity contribution in [1.82, 2.24) is 20.3 Å². The smallest absolute Gasteiger partial charge is 0.263 e. The third-order valence-corrected chi connectivity index (χ3v) is 6.29. The summed E-state index contributed by atoms with van der Waals surface area (Å²) in [5, 5.41) is 3.47. The van der Waals surface area contributed by atoms with E-state index in [9.17, 15) is 4.79 Å². The standard InChI is InChI=1S/C19H22N6OS/c1-19(7-3-10-25(11-19)18-22-8-4-9-23-18)13-6-5-12-14(20)15(16(26)21-2)27-17(12)24-13/h4-6,8-9H,3,7,10-11,20H2,1-2H3,(H,21,26). The van der Waals surface area contributed by atoms with Crippen molar-refractivity contribution < 1.29 is 4.79 Å². The van der Waals surface area contributed by atoms with Gasteiger partial charge in [0.1, 0.15) is 9.71 Å². The topological polar surface area (TPSA) is 97.0 Å². The van der Waals surface area contributed by atoms with E-state index in [-0.39, 0.29) is 11.3 Å². The number of piperidine rings is 1. The van der Waals surface area contributed by atoms with Gasteiger partial charge in [-0.15, -0.1) is 11.3 Å². The van der Waals surface area contributed by atoms with Crippen LogP contribution in [0, 0.1) is 0 Å². The van der Waals surface area contributed by atoms with Gasteiger partial charge in [0.05, 0.1) is 5.69 Å². The van der Waals surface area contributed by atoms with Crippen molar-refractivity contribution in [2.45, 2.75) is 25.2 Å². The molecule has 27 heavy (non-hydrogen) atoms. The van der Waals surface area contributed by atoms with Crippen LogP contribution in [0.5, 0.6) is 0 Å². The van der Waals surface area contributed by atoms with Crippen LogP contribution in [-0.2, 0) is 5.41 Å². The van der Waals surface area contributed by atoms with Crippen molar-refractivity contribution in [2.75, 3.05) is 30.8 Å². The molecule has 140 valence electrons. The summed E-state index contributed by atoms with van der Waals surface area (Å²) in [5.41, 5.74) is 7.56. The number of amides is 1. The molecule has 0 saturated carbocycles. The van der Waals surface area contributed by atoms with Crippen molar-refractivity contribution in [3.63, 3.8) is 0 Å². The minimum atomic E-state index is -0.173. The summed E-state index contributed by atoms with van der Waals surface area (Å²) in [4.78, 5) is 29.2. The van der Waals surface area contributed by atoms with Crippen molar-refractivity contribution in [3.8, 4) is 0 Å². The number of pyridine rings is 1. The zero-order valence-electron chi connectivity index (χ0n) is 15.4. The fraction of sp³-hybridized carbons (Fsp3) is 0.368. The van der Waals surface area contributed by atoms with Gasteiger partial charge < -0.3 is 16.0 Å². The summed E-state index contributed by atoms with van der Waals surface area (Å²) < 4.78 is 0. The molecule has 1 unspecified atom stereocenters. The highest BCUT2D eigenvalue weighted by Crippen LogP contribution is 2.38. The molecule has 4 rings (SSSR count). The molecule has 0 aromatic carbocycles. The molecule has 8 heteroatoms. The Bertz CT molecular complexity index is 989. The van der Waals surface area contributed by atoms with Crippen LogP contribution >= 0.6 is 11.3 Å². The number of carbonyl (C=O) groups excluding carboxylic acids is 1. The van der Waals surface area contributed by atoms with Gasteiger partial charge in [0.2, 0.25) is 5.95 Å². The number of nitrogens with two attached hydrogens (primary N) is 1. The highest BCUT2D eigenvalue weighted by Gasteiger charge is 2.35. The first-order valence-electron chi connectivity index (χ1n) is 8.95. The largest absolute Gasteiger partial charge is 0.397 e. The maximum atomic E-state index is 12.0. The first-order chi connectivity index (χ1) is 13.0. The van der Waals surface area contributed by atoms with Gasteiger partial charge in [-0.3, -0.25) is 4.79 Å². The average Bonchev–Trinajstić information content (AvgIpc) is 3.04. The lowest BCUT2D eigenvalue weighted by Crippen LogP contribution is -2.45. The minimum absolute atomic E-state index is 0.114. The molecule has 7 nitrogen and oxygen atoms in total. The summed E-state index contributed by atoms with van der Waals surface area (Å²) in [5.74, 6) is 0.583. The lowest BCUT2D eigenvalue weighted by Gasteiger charge is -2.40. The van der Waals surface area contributed by atoms with E-state index in [2.05, 4.69) is 27.1 Å². The van der Waals surface area contributed by atoms with Gasteiger partial charge >= 0.3 is 0 Å². The van der Waals surface area contributed by atoms with E-state index in [1.54, 1.807) is 19.4 Å². The first kappa shape index (κ1) is 17.7. The molecule has 0 radical (unpaired) electrons. The molecule has 1 amide bonds. The zero-order valence-corrected chi connectivity index (χ0v) is 16.2. The molecule has 1 saturated heterocycles. The van der Waals surface area contributed by atoms with E-state index >= 15 is 0 Å². The van der Waals surface area contributed by atoms with E-state index in [1.807, 2.05) is 18.2 Å². The van der Waals surface area contributed by atoms with Gasteiger partial charge in [0.25, 0.3) is 5.91 Å². The number of fused-ring (bicyclic) bond motifs is 1. The molecule has 3 N–H and O–H groups in total. The number of thiophene rings is 1. The molecule has 0 spiro atoms. The summed E-state index contributed by atoms with van der Waals surface area (Å²) in [6.07, 6.45) is 5.63. The highest BCUT2D eigenvalue weighted by molar-refractivity contribution is 7.21. The van der Waals surface area contributed by atoms with Gasteiger partial charge in [0, 0.05) is 49.0 Å². The first-order valence-corrected chi connectivity index (χ1v) is 9.77. The van der Waals surface area contributed by atoms with Crippen LogP contribution in [0.2, 0.25) is 0 Å². The highest BCUT2D eigenvalue weighted by atomic mass is 32.1. The maximum Gasteiger partial charge on any atom is 0.263 e. The number of aromatic nitrogens is 3. The normalized spacial score (nSPS) is 20.0. The quantitative estimate of drug-likeness (QED) is 0.723. The SMILES string of the molecule is CNC(=O)c1sc2nc(C3(C)CCCN(c4ncccn4)C3)ccc2c1N. The maximum absolute atomic E-state index is 12.0. The Morgan fingerprint density at radius 2 is 2.11 bits per heavy atom. The molecule has 1 aliphatic heterocycles. The second-order valence-corrected chi connectivity index (χ2v) is 8.11. The van der Waals surface area contributed by atoms with Gasteiger partial charge in [0.15, 0.2) is 0 Å². The molecule has 0 bridgehead atoms. The second kappa shape index (κ2) is 6.77. The zero-order chi connectivity index (χ0) is 19.0. The molecule has 0 aliphatic carbocycles. The Hall–Kier alpha value is -2.74. The van der Waals surface area contributed by atoms with Crippen LogP contribution in [0.15, 0.2) is 30.6 Å². The Balaban J connectivity index is 1.69. The van der Waals surface area contributed by atoms with Crippen LogP contribution in [0.3, 0.4) is 0 Å². The van der Waals surface area contributed by atoms with Gasteiger partial charge in [-0.1, -0.05) is 6.92 Å². The van der Waals surface area contributed by atoms with Gasteiger partial charge in [-0.25, -0.2) is 15.0 Å². The van der Waals surface area contributed by atoms with E-state index in [0.29, 0.717) is 10.6 Å². The van der Waals surface area contributed by atoms with Crippen molar-refractivity contribution in [3.05, 3.63) is 41.2 Å². The van der Waals surface area contributed by atoms with Crippen molar-refractivity contribution >= 4 is 39.1 Å². The Labute approximate surface area is 161 Å². The van der Waals surface area contributed by atoms with Crippen LogP contribution in [0.4, 0.5) is 11.6 Å². The number of anilines is 2. The number of nitrogens with one attached hydrogen (secondary N) is 1. The number of hydrogen-bond acceptors (Lipinski definition) is 7. The molecule has 3 aromatic heterocycles. The third-order valence-electron chi connectivity index (χ3n) is 5.18. The fourth-order valence-corrected chi connectivity index (χ4v) is 4.73. The van der Waals surface area contributed by atoms with Gasteiger partial charge in [-0.2, -0.15) is 0 Å². The lowest BCUT2D eigenvalue weighted by atomic mass is 9.78. The number of rotatable bonds is 3. The van der Waals surface area contributed by atoms with E-state index in [0.717, 1.165) is 47.8 Å². The molecule has 1 atom stereocenters. The molecule has 3 aromatic rings. The summed E-state index contributed by atoms with van der Waals surface area (Å²) in [6.45, 7) is 3.97. The Kier molecular flexibility index (Phi) is 4.43. The van der Waals surface area contributed by atoms with Crippen LogP contribution in [0.1, 0.15) is 35.1 Å². The van der Waals surface area contributed by atoms with Crippen molar-refractivity contribution in [1.29, 1.82) is 0 Å². The monoisotopic (exact) mass is 382 g/mol. The molecule has 4 heterocycles. The van der Waals surface area contributed by atoms with E-state index in [1.165, 1.54) is 11.3 Å². The van der Waals surface area contributed by atoms with Crippen molar-refractivity contribution in [2.24, 2.45) is 0 Å². The Morgan fingerprint density at radius 1 is 1.33 bits per heavy atom. The Morgan fingerprint density at radius 3 is 2.85 bits per heavy atom. The van der Waals surface area contributed by atoms with Crippen LogP contribution in [0.25, 0.3) is 10.2 Å². The lowest BCUT2D eigenvalue weighted by molar-refractivity contribution is 0.0968. The minimum Gasteiger partial charge on any atom is -0.397 e. The van der Waals surface area contributed by atoms with Crippen LogP contribution in [-0.4, -0.2) is 41.0 Å². The molecular weight excluding hydrogens is 360 g/mol. The number of nitrogens with zero attached hydrogens (tertiary/aromatic N) is 4. The van der Waals surface area contributed by atoms with Crippen LogP contribution < -0.4 is 16.0 Å². The summed E-state index contributed by atoms with van der Waals surface area (Å²) in [7, 11) is 1.61. The molecule has 1 aliphatic rings. The average molecular weight is 382 g/mol. The van der Waals surface area contributed by atoms with E-state index in [4.69, 9.17) is 10.7 Å². The number of hydrogen-bond donors (Lipinski definition) is 2. The molecular formula is C19H22N6OS. The summed E-state index contributed by atoms with van der Waals surface area (Å²) in [6, 6.07) is 5.85. The van der Waals surface area contributed by atoms with E-state index < -0.39 is 0 Å². The molecule has 1 fully saturated rings. The third kappa shape index (κ3) is 3.10. The fourth-order valence-electron chi connectivity index (χ4n) is 3.69. The summed E-state index contributed by atoms with van der Waals surface area (Å²) >= 11 is 1.34. The predicted molar refractivity (Wildman–Crippen MR) is 108 cm³/mol. The number of carbonyl (C=O) groups is 1. The second-order valence-electron chi connectivity index (χ2n) is 7.11. The number of nitrogen functional groups attached to an aromatic ring is 1.